The third-order valence-electron chi connectivity index (χ3n) is 3.42. The molecule has 1 heterocycles. The maximum atomic E-state index is 11.5. The van der Waals surface area contributed by atoms with Gasteiger partial charge in [0.1, 0.15) is 5.75 Å². The molecular formula is C15H15NO5. The highest BCUT2D eigenvalue weighted by atomic mass is 16.4. The summed E-state index contributed by atoms with van der Waals surface area (Å²) < 4.78 is 0. The number of aromatic hydroxyl groups is 1. The first-order chi connectivity index (χ1) is 9.82. The van der Waals surface area contributed by atoms with Crippen molar-refractivity contribution in [3.8, 4) is 5.75 Å². The highest BCUT2D eigenvalue weighted by Crippen LogP contribution is 2.38. The summed E-state index contributed by atoms with van der Waals surface area (Å²) in [6, 6.07) is 5.97. The molecule has 0 saturated carbocycles. The number of nitrogens with one attached hydrogen (secondary N) is 1. The van der Waals surface area contributed by atoms with Gasteiger partial charge in [-0.25, -0.2) is 9.59 Å². The summed E-state index contributed by atoms with van der Waals surface area (Å²) in [6.07, 6.45) is 0. The number of rotatable bonds is 3. The van der Waals surface area contributed by atoms with Gasteiger partial charge in [-0.2, -0.15) is 0 Å². The van der Waals surface area contributed by atoms with Gasteiger partial charge in [0.15, 0.2) is 0 Å². The van der Waals surface area contributed by atoms with Crippen LogP contribution in [0.3, 0.4) is 0 Å². The van der Waals surface area contributed by atoms with Crippen LogP contribution in [0.15, 0.2) is 46.8 Å². The predicted molar refractivity (Wildman–Crippen MR) is 74.7 cm³/mol. The van der Waals surface area contributed by atoms with Crippen molar-refractivity contribution in [2.75, 3.05) is 0 Å². The highest BCUT2D eigenvalue weighted by molar-refractivity contribution is 5.98. The molecule has 0 fully saturated rings. The van der Waals surface area contributed by atoms with Crippen LogP contribution in [0.4, 0.5) is 0 Å². The van der Waals surface area contributed by atoms with Gasteiger partial charge in [-0.3, -0.25) is 0 Å². The van der Waals surface area contributed by atoms with Crippen molar-refractivity contribution in [1.29, 1.82) is 0 Å². The first kappa shape index (κ1) is 14.6. The minimum absolute atomic E-state index is 0.0383. The number of phenols is 1. The van der Waals surface area contributed by atoms with Gasteiger partial charge in [0.05, 0.1) is 17.1 Å². The highest BCUT2D eigenvalue weighted by Gasteiger charge is 2.36. The Kier molecular flexibility index (Phi) is 3.71. The Morgan fingerprint density at radius 1 is 1.05 bits per heavy atom. The normalized spacial score (nSPS) is 15.9. The summed E-state index contributed by atoms with van der Waals surface area (Å²) in [5.74, 6) is -3.37. The number of dihydropyridines is 1. The Hall–Kier alpha value is -2.76. The van der Waals surface area contributed by atoms with Gasteiger partial charge in [-0.1, -0.05) is 12.1 Å². The third-order valence-corrected chi connectivity index (χ3v) is 3.42. The van der Waals surface area contributed by atoms with Gasteiger partial charge in [0.25, 0.3) is 0 Å². The fourth-order valence-corrected chi connectivity index (χ4v) is 2.60. The molecule has 0 saturated heterocycles. The Balaban J connectivity index is 2.70. The quantitative estimate of drug-likeness (QED) is 0.676. The Morgan fingerprint density at radius 2 is 1.57 bits per heavy atom. The zero-order valence-electron chi connectivity index (χ0n) is 11.5. The van der Waals surface area contributed by atoms with Crippen molar-refractivity contribution in [2.24, 2.45) is 0 Å². The van der Waals surface area contributed by atoms with E-state index < -0.39 is 17.9 Å². The fraction of sp³-hybridized carbons (Fsp3) is 0.200. The summed E-state index contributed by atoms with van der Waals surface area (Å²) in [5, 5.41) is 31.2. The molecule has 2 rings (SSSR count). The summed E-state index contributed by atoms with van der Waals surface area (Å²) in [4.78, 5) is 23.1. The van der Waals surface area contributed by atoms with Gasteiger partial charge in [-0.05, 0) is 31.5 Å². The van der Waals surface area contributed by atoms with Crippen LogP contribution < -0.4 is 5.32 Å². The molecule has 6 nitrogen and oxygen atoms in total. The minimum Gasteiger partial charge on any atom is -0.508 e. The van der Waals surface area contributed by atoms with E-state index in [1.165, 1.54) is 12.1 Å². The summed E-state index contributed by atoms with van der Waals surface area (Å²) in [5.41, 5.74) is 1.12. The van der Waals surface area contributed by atoms with Crippen LogP contribution in [0.1, 0.15) is 25.3 Å². The van der Waals surface area contributed by atoms with Crippen LogP contribution in [-0.4, -0.2) is 27.3 Å². The minimum atomic E-state index is -1.19. The number of aliphatic carboxylic acids is 2. The summed E-state index contributed by atoms with van der Waals surface area (Å²) in [6.45, 7) is 3.17. The zero-order chi connectivity index (χ0) is 15.7. The molecular weight excluding hydrogens is 274 g/mol. The first-order valence-corrected chi connectivity index (χ1v) is 6.27. The van der Waals surface area contributed by atoms with E-state index in [9.17, 15) is 24.9 Å². The van der Waals surface area contributed by atoms with E-state index in [1.54, 1.807) is 26.0 Å². The van der Waals surface area contributed by atoms with Crippen molar-refractivity contribution in [1.82, 2.24) is 5.32 Å². The topological polar surface area (TPSA) is 107 Å². The third kappa shape index (κ3) is 2.60. The van der Waals surface area contributed by atoms with Crippen LogP contribution >= 0.6 is 0 Å². The molecule has 0 aromatic heterocycles. The van der Waals surface area contributed by atoms with Crippen molar-refractivity contribution >= 4 is 11.9 Å². The van der Waals surface area contributed by atoms with E-state index >= 15 is 0 Å². The van der Waals surface area contributed by atoms with E-state index in [-0.39, 0.29) is 16.9 Å². The van der Waals surface area contributed by atoms with Gasteiger partial charge in [-0.15, -0.1) is 0 Å². The number of phenolic OH excluding ortho intramolecular Hbond substituents is 1. The van der Waals surface area contributed by atoms with Crippen LogP contribution in [-0.2, 0) is 9.59 Å². The SMILES string of the molecule is CC1=C(C(=O)O)C(c2cccc(O)c2)C(C(=O)O)=C(C)N1. The van der Waals surface area contributed by atoms with Crippen molar-refractivity contribution in [2.45, 2.75) is 19.8 Å². The number of carboxylic acids is 2. The van der Waals surface area contributed by atoms with Gasteiger partial charge in [0, 0.05) is 11.4 Å². The van der Waals surface area contributed by atoms with Crippen molar-refractivity contribution < 1.29 is 24.9 Å². The molecule has 0 bridgehead atoms. The van der Waals surface area contributed by atoms with Crippen LogP contribution in [0.2, 0.25) is 0 Å². The second-order valence-electron chi connectivity index (χ2n) is 4.84. The second kappa shape index (κ2) is 5.32. The number of hydrogen-bond donors (Lipinski definition) is 4. The van der Waals surface area contributed by atoms with E-state index in [1.807, 2.05) is 0 Å². The van der Waals surface area contributed by atoms with Crippen molar-refractivity contribution in [3.63, 3.8) is 0 Å². The molecule has 0 radical (unpaired) electrons. The van der Waals surface area contributed by atoms with E-state index in [0.717, 1.165) is 0 Å². The average molecular weight is 289 g/mol. The molecule has 1 aromatic carbocycles. The Morgan fingerprint density at radius 3 is 2.00 bits per heavy atom. The Bertz CT molecular complexity index is 651. The zero-order valence-corrected chi connectivity index (χ0v) is 11.5. The lowest BCUT2D eigenvalue weighted by Gasteiger charge is -2.28. The van der Waals surface area contributed by atoms with Crippen molar-refractivity contribution in [3.05, 3.63) is 52.4 Å². The molecule has 0 unspecified atom stereocenters. The number of allylic oxidation sites excluding steroid dienone is 2. The molecule has 0 spiro atoms. The lowest BCUT2D eigenvalue weighted by atomic mass is 9.80. The number of carboxylic acid groups (broad SMARTS) is 2. The molecule has 4 N–H and O–H groups in total. The maximum absolute atomic E-state index is 11.5. The molecule has 6 heteroatoms. The lowest BCUT2D eigenvalue weighted by molar-refractivity contribution is -0.133. The van der Waals surface area contributed by atoms with E-state index in [4.69, 9.17) is 0 Å². The summed E-state index contributed by atoms with van der Waals surface area (Å²) >= 11 is 0. The molecule has 110 valence electrons. The van der Waals surface area contributed by atoms with Crippen LogP contribution in [0.5, 0.6) is 5.75 Å². The first-order valence-electron chi connectivity index (χ1n) is 6.27. The van der Waals surface area contributed by atoms with Gasteiger partial charge in [0.2, 0.25) is 0 Å². The molecule has 1 aromatic rings. The van der Waals surface area contributed by atoms with E-state index in [0.29, 0.717) is 17.0 Å². The number of benzene rings is 1. The van der Waals surface area contributed by atoms with E-state index in [2.05, 4.69) is 5.32 Å². The largest absolute Gasteiger partial charge is 0.508 e. The predicted octanol–water partition coefficient (Wildman–Crippen LogP) is 1.80. The van der Waals surface area contributed by atoms with Gasteiger partial charge >= 0.3 is 11.9 Å². The molecule has 0 aliphatic carbocycles. The Labute approximate surface area is 121 Å². The van der Waals surface area contributed by atoms with Crippen LogP contribution in [0.25, 0.3) is 0 Å². The lowest BCUT2D eigenvalue weighted by Crippen LogP contribution is -2.30. The number of carbonyl (C=O) groups is 2. The monoisotopic (exact) mass is 289 g/mol. The smallest absolute Gasteiger partial charge is 0.334 e. The maximum Gasteiger partial charge on any atom is 0.334 e. The molecule has 1 aliphatic rings. The standard InChI is InChI=1S/C15H15NO5/c1-7-11(14(18)19)13(9-4-3-5-10(17)6-9)12(15(20)21)8(2)16-7/h3-6,13,16-17H,1-2H3,(H,18,19)(H,20,21). The van der Waals surface area contributed by atoms with Gasteiger partial charge < -0.3 is 20.6 Å². The fourth-order valence-electron chi connectivity index (χ4n) is 2.60. The molecule has 1 aliphatic heterocycles. The molecule has 0 amide bonds. The summed E-state index contributed by atoms with van der Waals surface area (Å²) in [7, 11) is 0. The second-order valence-corrected chi connectivity index (χ2v) is 4.84. The number of hydrogen-bond acceptors (Lipinski definition) is 4. The van der Waals surface area contributed by atoms with Crippen LogP contribution in [0, 0.1) is 0 Å². The molecule has 0 atom stereocenters. The molecule has 21 heavy (non-hydrogen) atoms. The average Bonchev–Trinajstić information content (AvgIpc) is 2.36.